The molecule has 3 rings (SSSR count). The van der Waals surface area contributed by atoms with E-state index in [1.165, 1.54) is 7.11 Å². The average Bonchev–Trinajstić information content (AvgIpc) is 2.78. The molecule has 6 nitrogen and oxygen atoms in total. The number of alkyl halides is 3. The van der Waals surface area contributed by atoms with Crippen LogP contribution in [-0.2, 0) is 35.1 Å². The van der Waals surface area contributed by atoms with Gasteiger partial charge in [-0.25, -0.2) is 17.2 Å². The maximum absolute atomic E-state index is 15.1. The Labute approximate surface area is 207 Å². The lowest BCUT2D eigenvalue weighted by atomic mass is 9.70. The molecule has 0 N–H and O–H groups in total. The Morgan fingerprint density at radius 2 is 1.69 bits per heavy atom. The van der Waals surface area contributed by atoms with Crippen molar-refractivity contribution in [2.75, 3.05) is 20.0 Å². The third-order valence-corrected chi connectivity index (χ3v) is 10.0. The molecule has 13 heteroatoms. The molecule has 0 spiro atoms. The van der Waals surface area contributed by atoms with E-state index in [1.54, 1.807) is 0 Å². The van der Waals surface area contributed by atoms with Crippen molar-refractivity contribution in [2.45, 2.75) is 54.0 Å². The minimum absolute atomic E-state index is 0.113. The summed E-state index contributed by atoms with van der Waals surface area (Å²) in [6.45, 7) is 0.113. The highest BCUT2D eigenvalue weighted by Crippen LogP contribution is 2.53. The SMILES string of the molecule is COCC[C@@H]1C[C@](C2CC(F)=CC=C2F)(S(=O)(=O)c2ccc(C(F)(F)F)cc2)CC[C@H]1OS(C)(=O)=O. The number of methoxy groups -OCH3 is 1. The van der Waals surface area contributed by atoms with Gasteiger partial charge in [-0.1, -0.05) is 0 Å². The predicted molar refractivity (Wildman–Crippen MR) is 121 cm³/mol. The first-order valence-electron chi connectivity index (χ1n) is 11.1. The second kappa shape index (κ2) is 10.5. The van der Waals surface area contributed by atoms with Crippen molar-refractivity contribution in [1.82, 2.24) is 0 Å². The van der Waals surface area contributed by atoms with E-state index in [4.69, 9.17) is 8.92 Å². The van der Waals surface area contributed by atoms with Crippen LogP contribution in [0.3, 0.4) is 0 Å². The molecule has 2 aliphatic carbocycles. The minimum atomic E-state index is -4.70. The summed E-state index contributed by atoms with van der Waals surface area (Å²) in [6.07, 6.45) is -4.14. The number of allylic oxidation sites excluding steroid dienone is 4. The fourth-order valence-corrected chi connectivity index (χ4v) is 8.15. The molecule has 1 aromatic carbocycles. The number of sulfone groups is 1. The van der Waals surface area contributed by atoms with Crippen LogP contribution in [0.25, 0.3) is 0 Å². The Kier molecular flexibility index (Phi) is 8.38. The van der Waals surface area contributed by atoms with Gasteiger partial charge < -0.3 is 4.74 Å². The van der Waals surface area contributed by atoms with E-state index in [9.17, 15) is 34.4 Å². The van der Waals surface area contributed by atoms with Gasteiger partial charge in [0.05, 0.1) is 27.6 Å². The van der Waals surface area contributed by atoms with Crippen molar-refractivity contribution in [3.8, 4) is 0 Å². The van der Waals surface area contributed by atoms with Gasteiger partial charge in [-0.15, -0.1) is 0 Å². The number of benzene rings is 1. The third-order valence-electron chi connectivity index (χ3n) is 6.79. The summed E-state index contributed by atoms with van der Waals surface area (Å²) >= 11 is 0. The highest BCUT2D eigenvalue weighted by atomic mass is 32.2. The Balaban J connectivity index is 2.13. The van der Waals surface area contributed by atoms with Crippen molar-refractivity contribution in [2.24, 2.45) is 11.8 Å². The summed E-state index contributed by atoms with van der Waals surface area (Å²) < 4.78 is 129. The van der Waals surface area contributed by atoms with Crippen LogP contribution in [0.5, 0.6) is 0 Å². The number of rotatable bonds is 8. The topological polar surface area (TPSA) is 86.7 Å². The summed E-state index contributed by atoms with van der Waals surface area (Å²) in [6, 6.07) is 2.85. The number of ether oxygens (including phenoxy) is 1. The standard InChI is InChI=1S/C23H27F5O6S2/c1-33-12-10-15-14-22(11-9-21(15)34-35(2,29)30,19-13-17(24)5-8-20(19)25)36(31,32)18-6-3-16(4-7-18)23(26,27)28/h3-8,15,19,21H,9-14H2,1-2H3/t15-,19?,21-,22-/m1/s1. The molecule has 0 aromatic heterocycles. The Bertz CT molecular complexity index is 1220. The van der Waals surface area contributed by atoms with Crippen LogP contribution < -0.4 is 0 Å². The summed E-state index contributed by atoms with van der Waals surface area (Å²) in [4.78, 5) is -0.466. The van der Waals surface area contributed by atoms with Gasteiger partial charge >= 0.3 is 6.18 Å². The summed E-state index contributed by atoms with van der Waals surface area (Å²) in [5.74, 6) is -3.82. The fourth-order valence-electron chi connectivity index (χ4n) is 5.10. The third kappa shape index (κ3) is 6.00. The first kappa shape index (κ1) is 28.7. The van der Waals surface area contributed by atoms with Crippen LogP contribution >= 0.6 is 0 Å². The van der Waals surface area contributed by atoms with Crippen molar-refractivity contribution < 1.29 is 47.7 Å². The Morgan fingerprint density at radius 1 is 1.06 bits per heavy atom. The van der Waals surface area contributed by atoms with E-state index >= 15 is 4.39 Å². The van der Waals surface area contributed by atoms with E-state index in [-0.39, 0.29) is 32.3 Å². The van der Waals surface area contributed by atoms with Crippen molar-refractivity contribution in [3.63, 3.8) is 0 Å². The molecule has 36 heavy (non-hydrogen) atoms. The van der Waals surface area contributed by atoms with Crippen LogP contribution in [0.4, 0.5) is 22.0 Å². The molecule has 1 fully saturated rings. The fraction of sp³-hybridized carbons (Fsp3) is 0.565. The van der Waals surface area contributed by atoms with Gasteiger partial charge in [0, 0.05) is 26.1 Å². The van der Waals surface area contributed by atoms with Crippen molar-refractivity contribution >= 4 is 20.0 Å². The lowest BCUT2D eigenvalue weighted by Crippen LogP contribution is -2.53. The van der Waals surface area contributed by atoms with E-state index < -0.39 is 77.4 Å². The molecule has 1 unspecified atom stereocenters. The molecule has 0 bridgehead atoms. The zero-order valence-electron chi connectivity index (χ0n) is 19.6. The van der Waals surface area contributed by atoms with Gasteiger partial charge in [0.25, 0.3) is 10.1 Å². The quantitative estimate of drug-likeness (QED) is 0.325. The normalized spacial score (nSPS) is 27.9. The molecule has 2 aliphatic rings. The van der Waals surface area contributed by atoms with Crippen molar-refractivity contribution in [3.05, 3.63) is 53.6 Å². The molecule has 0 amide bonds. The van der Waals surface area contributed by atoms with E-state index in [0.717, 1.165) is 30.5 Å². The zero-order valence-corrected chi connectivity index (χ0v) is 21.2. The molecular formula is C23H27F5O6S2. The zero-order chi connectivity index (χ0) is 26.9. The summed E-state index contributed by atoms with van der Waals surface area (Å²) in [5, 5.41) is 0. The Morgan fingerprint density at radius 3 is 2.25 bits per heavy atom. The highest BCUT2D eigenvalue weighted by molar-refractivity contribution is 7.92. The minimum Gasteiger partial charge on any atom is -0.385 e. The van der Waals surface area contributed by atoms with Gasteiger partial charge in [-0.2, -0.15) is 21.6 Å². The smallest absolute Gasteiger partial charge is 0.385 e. The lowest BCUT2D eigenvalue weighted by molar-refractivity contribution is -0.137. The maximum Gasteiger partial charge on any atom is 0.416 e. The van der Waals surface area contributed by atoms with Gasteiger partial charge in [0.2, 0.25) is 0 Å². The lowest BCUT2D eigenvalue weighted by Gasteiger charge is -2.47. The van der Waals surface area contributed by atoms with Gasteiger partial charge in [0.1, 0.15) is 11.7 Å². The van der Waals surface area contributed by atoms with E-state index in [0.29, 0.717) is 12.1 Å². The molecule has 1 saturated carbocycles. The number of hydrogen-bond acceptors (Lipinski definition) is 6. The number of hydrogen-bond donors (Lipinski definition) is 0. The van der Waals surface area contributed by atoms with Crippen LogP contribution in [0.15, 0.2) is 53.0 Å². The first-order valence-corrected chi connectivity index (χ1v) is 14.4. The predicted octanol–water partition coefficient (Wildman–Crippen LogP) is 5.13. The summed E-state index contributed by atoms with van der Waals surface area (Å²) in [7, 11) is -7.08. The first-order chi connectivity index (χ1) is 16.6. The molecule has 0 heterocycles. The average molecular weight is 559 g/mol. The molecule has 202 valence electrons. The van der Waals surface area contributed by atoms with Crippen molar-refractivity contribution in [1.29, 1.82) is 0 Å². The summed E-state index contributed by atoms with van der Waals surface area (Å²) in [5.41, 5.74) is -1.06. The van der Waals surface area contributed by atoms with E-state index in [2.05, 4.69) is 0 Å². The molecule has 0 aliphatic heterocycles. The molecule has 4 atom stereocenters. The molecular weight excluding hydrogens is 531 g/mol. The van der Waals surface area contributed by atoms with E-state index in [1.807, 2.05) is 0 Å². The van der Waals surface area contributed by atoms with Gasteiger partial charge in [-0.05, 0) is 68.0 Å². The van der Waals surface area contributed by atoms with Gasteiger partial charge in [-0.3, -0.25) is 4.18 Å². The molecule has 0 saturated heterocycles. The largest absolute Gasteiger partial charge is 0.416 e. The van der Waals surface area contributed by atoms with Crippen LogP contribution in [0.2, 0.25) is 0 Å². The molecule has 0 radical (unpaired) electrons. The van der Waals surface area contributed by atoms with Crippen LogP contribution in [-0.4, -0.2) is 47.7 Å². The second-order valence-electron chi connectivity index (χ2n) is 9.14. The molecule has 1 aromatic rings. The monoisotopic (exact) mass is 558 g/mol. The highest BCUT2D eigenvalue weighted by Gasteiger charge is 2.57. The van der Waals surface area contributed by atoms with Gasteiger partial charge in [0.15, 0.2) is 9.84 Å². The number of halogens is 5. The van der Waals surface area contributed by atoms with Crippen LogP contribution in [0, 0.1) is 11.8 Å². The van der Waals surface area contributed by atoms with Crippen LogP contribution in [0.1, 0.15) is 37.7 Å². The maximum atomic E-state index is 15.1. The Hall–Kier alpha value is -1.83. The second-order valence-corrected chi connectivity index (χ2v) is 13.0.